The second-order valence-electron chi connectivity index (χ2n) is 15.9. The van der Waals surface area contributed by atoms with Crippen LogP contribution in [-0.2, 0) is 22.6 Å². The van der Waals surface area contributed by atoms with Crippen LogP contribution >= 0.6 is 11.6 Å². The lowest BCUT2D eigenvalue weighted by Gasteiger charge is -2.56. The summed E-state index contributed by atoms with van der Waals surface area (Å²) in [4.78, 5) is 38.7. The Bertz CT molecular complexity index is 1650. The number of aromatic nitrogens is 2. The van der Waals surface area contributed by atoms with E-state index in [4.69, 9.17) is 11.6 Å². The maximum absolute atomic E-state index is 13.0. The molecule has 8 rings (SSSR count). The Hall–Kier alpha value is -3.75. The number of Topliss-reactive ketones (excluding diaryl/α,β-unsaturated/α-hetero) is 1. The summed E-state index contributed by atoms with van der Waals surface area (Å²) in [5.41, 5.74) is 4.48. The number of unbranched alkanes of at least 4 members (excludes halogenated alkanes) is 2. The molecule has 2 aromatic carbocycles. The van der Waals surface area contributed by atoms with Crippen molar-refractivity contribution < 1.29 is 9.59 Å². The largest absolute Gasteiger partial charge is 0.369 e. The topological polar surface area (TPSA) is 90.5 Å². The molecule has 4 aliphatic carbocycles. The van der Waals surface area contributed by atoms with Crippen LogP contribution in [0.5, 0.6) is 0 Å². The number of piperazine rings is 1. The number of carbonyl (C=O) groups excluding carboxylic acids is 2. The molecule has 51 heavy (non-hydrogen) atoms. The van der Waals surface area contributed by atoms with Crippen LogP contribution in [0.2, 0.25) is 5.02 Å². The van der Waals surface area contributed by atoms with Crippen LogP contribution in [0.4, 0.5) is 23.1 Å². The highest BCUT2D eigenvalue weighted by Crippen LogP contribution is 2.61. The molecular weight excluding hydrogens is 656 g/mol. The fourth-order valence-corrected chi connectivity index (χ4v) is 9.98. The van der Waals surface area contributed by atoms with E-state index in [1.54, 1.807) is 6.20 Å². The predicted molar refractivity (Wildman–Crippen MR) is 207 cm³/mol. The molecule has 1 aromatic heterocycles. The second kappa shape index (κ2) is 16.3. The molecule has 8 nitrogen and oxygen atoms in total. The zero-order valence-electron chi connectivity index (χ0n) is 29.9. The number of anilines is 4. The summed E-state index contributed by atoms with van der Waals surface area (Å²) in [6.45, 7) is 9.35. The molecule has 5 aliphatic rings. The summed E-state index contributed by atoms with van der Waals surface area (Å²) >= 11 is 6.41. The molecule has 4 saturated carbocycles. The Kier molecular flexibility index (Phi) is 11.4. The summed E-state index contributed by atoms with van der Waals surface area (Å²) in [6.07, 6.45) is 16.7. The van der Waals surface area contributed by atoms with Crippen molar-refractivity contribution in [3.05, 3.63) is 83.5 Å². The molecule has 5 fully saturated rings. The van der Waals surface area contributed by atoms with Gasteiger partial charge in [0.2, 0.25) is 5.95 Å². The molecule has 2 heterocycles. The van der Waals surface area contributed by atoms with Crippen LogP contribution in [0.25, 0.3) is 0 Å². The number of nitrogens with one attached hydrogen (secondary N) is 2. The van der Waals surface area contributed by atoms with Crippen molar-refractivity contribution in [3.63, 3.8) is 0 Å². The van der Waals surface area contributed by atoms with Gasteiger partial charge in [-0.1, -0.05) is 48.9 Å². The summed E-state index contributed by atoms with van der Waals surface area (Å²) in [5, 5.41) is 7.04. The zero-order valence-corrected chi connectivity index (χ0v) is 30.7. The fourth-order valence-electron chi connectivity index (χ4n) is 9.82. The number of hydrogen-bond donors (Lipinski definition) is 2. The molecule has 0 unspecified atom stereocenters. The van der Waals surface area contributed by atoms with E-state index in [1.165, 1.54) is 56.7 Å². The number of rotatable bonds is 17. The lowest BCUT2D eigenvalue weighted by molar-refractivity contribution is -0.127. The van der Waals surface area contributed by atoms with Crippen LogP contribution in [0.15, 0.2) is 67.4 Å². The molecule has 0 spiro atoms. The Morgan fingerprint density at radius 2 is 1.63 bits per heavy atom. The number of halogens is 1. The molecule has 3 aromatic rings. The molecule has 4 bridgehead atoms. The maximum atomic E-state index is 13.0. The molecule has 2 N–H and O–H groups in total. The first-order valence-corrected chi connectivity index (χ1v) is 19.5. The van der Waals surface area contributed by atoms with Gasteiger partial charge < -0.3 is 15.5 Å². The quantitative estimate of drug-likeness (QED) is 0.106. The molecular formula is C42H53ClN6O2. The first-order chi connectivity index (χ1) is 24.8. The third kappa shape index (κ3) is 9.38. The lowest BCUT2D eigenvalue weighted by Crippen LogP contribution is -2.46. The van der Waals surface area contributed by atoms with Crippen molar-refractivity contribution in [2.24, 2.45) is 23.2 Å². The van der Waals surface area contributed by atoms with Crippen molar-refractivity contribution in [2.45, 2.75) is 83.6 Å². The van der Waals surface area contributed by atoms with E-state index in [1.807, 2.05) is 24.3 Å². The van der Waals surface area contributed by atoms with Gasteiger partial charge in [-0.15, -0.1) is 0 Å². The number of benzene rings is 2. The normalized spacial score (nSPS) is 24.0. The third-order valence-corrected chi connectivity index (χ3v) is 12.1. The fraction of sp³-hybridized carbons (Fsp3) is 0.524. The van der Waals surface area contributed by atoms with Crippen LogP contribution in [0.3, 0.4) is 0 Å². The monoisotopic (exact) mass is 708 g/mol. The number of hydrogen-bond acceptors (Lipinski definition) is 8. The van der Waals surface area contributed by atoms with E-state index in [-0.39, 0.29) is 5.78 Å². The van der Waals surface area contributed by atoms with Crippen LogP contribution < -0.4 is 15.5 Å². The van der Waals surface area contributed by atoms with Crippen molar-refractivity contribution in [1.82, 2.24) is 14.9 Å². The van der Waals surface area contributed by atoms with Gasteiger partial charge in [-0.3, -0.25) is 14.5 Å². The van der Waals surface area contributed by atoms with E-state index in [2.05, 4.69) is 61.2 Å². The molecule has 270 valence electrons. The highest BCUT2D eigenvalue weighted by atomic mass is 35.5. The number of carbonyl (C=O) groups is 2. The average molecular weight is 709 g/mol. The SMILES string of the molecule is C=CC(=O)Cc1cccc(CNc2nc(Nc3ccc(N4CCN(CCCCCC(=O)CC56CC7CC(CC(C7)C5)C6)CC4)cc3)ncc2Cl)c1. The second-order valence-corrected chi connectivity index (χ2v) is 16.3. The van der Waals surface area contributed by atoms with Crippen LogP contribution in [-0.4, -0.2) is 59.2 Å². The number of allylic oxidation sites excluding steroid dienone is 1. The van der Waals surface area contributed by atoms with Gasteiger partial charge in [0.15, 0.2) is 11.6 Å². The van der Waals surface area contributed by atoms with Gasteiger partial charge in [0.25, 0.3) is 0 Å². The molecule has 9 heteroatoms. The minimum absolute atomic E-state index is 0.00560. The molecule has 0 atom stereocenters. The average Bonchev–Trinajstić information content (AvgIpc) is 3.11. The third-order valence-electron chi connectivity index (χ3n) is 11.8. The smallest absolute Gasteiger partial charge is 0.229 e. The van der Waals surface area contributed by atoms with Gasteiger partial charge in [0.1, 0.15) is 10.8 Å². The summed E-state index contributed by atoms with van der Waals surface area (Å²) in [6, 6.07) is 16.3. The van der Waals surface area contributed by atoms with E-state index in [0.29, 0.717) is 41.0 Å². The first-order valence-electron chi connectivity index (χ1n) is 19.2. The molecule has 1 aliphatic heterocycles. The van der Waals surface area contributed by atoms with E-state index < -0.39 is 0 Å². The van der Waals surface area contributed by atoms with E-state index in [9.17, 15) is 9.59 Å². The van der Waals surface area contributed by atoms with Crippen molar-refractivity contribution >= 4 is 46.3 Å². The Balaban J connectivity index is 0.802. The van der Waals surface area contributed by atoms with Crippen molar-refractivity contribution in [1.29, 1.82) is 0 Å². The van der Waals surface area contributed by atoms with E-state index in [0.717, 1.165) is 93.0 Å². The minimum Gasteiger partial charge on any atom is -0.369 e. The maximum Gasteiger partial charge on any atom is 0.229 e. The van der Waals surface area contributed by atoms with Gasteiger partial charge >= 0.3 is 0 Å². The standard InChI is InChI=1S/C42H53ClN6O2/c1-2-37(50)23-30-7-6-8-31(19-30)28-44-40-39(43)29-45-41(47-40)46-35-10-12-36(13-11-35)49-17-15-48(16-18-49)14-5-3-4-9-38(51)27-42-24-32-20-33(25-42)22-34(21-32)26-42/h2,6-8,10-13,19,29,32-34H,1,3-5,9,14-18,20-28H2,(H2,44,45,46,47). The van der Waals surface area contributed by atoms with Gasteiger partial charge in [0.05, 0.1) is 6.20 Å². The lowest BCUT2D eigenvalue weighted by atomic mass is 9.48. The summed E-state index contributed by atoms with van der Waals surface area (Å²) < 4.78 is 0. The first kappa shape index (κ1) is 35.6. The summed E-state index contributed by atoms with van der Waals surface area (Å²) in [7, 11) is 0. The Labute approximate surface area is 308 Å². The zero-order chi connectivity index (χ0) is 35.2. The van der Waals surface area contributed by atoms with Crippen molar-refractivity contribution in [2.75, 3.05) is 48.3 Å². The Morgan fingerprint density at radius 1 is 0.922 bits per heavy atom. The number of ketones is 2. The van der Waals surface area contributed by atoms with Crippen molar-refractivity contribution in [3.8, 4) is 0 Å². The minimum atomic E-state index is -0.00560. The van der Waals surface area contributed by atoms with Crippen LogP contribution in [0, 0.1) is 23.2 Å². The molecule has 1 saturated heterocycles. The molecule has 0 radical (unpaired) electrons. The molecule has 0 amide bonds. The summed E-state index contributed by atoms with van der Waals surface area (Å²) in [5.74, 6) is 4.33. The predicted octanol–water partition coefficient (Wildman–Crippen LogP) is 8.64. The van der Waals surface area contributed by atoms with Gasteiger partial charge in [-0.2, -0.15) is 4.98 Å². The van der Waals surface area contributed by atoms with Gasteiger partial charge in [-0.25, -0.2) is 4.98 Å². The highest BCUT2D eigenvalue weighted by molar-refractivity contribution is 6.32. The van der Waals surface area contributed by atoms with Crippen LogP contribution in [0.1, 0.15) is 81.8 Å². The Morgan fingerprint density at radius 3 is 2.33 bits per heavy atom. The van der Waals surface area contributed by atoms with Gasteiger partial charge in [0, 0.05) is 63.4 Å². The van der Waals surface area contributed by atoms with E-state index >= 15 is 0 Å². The highest BCUT2D eigenvalue weighted by Gasteiger charge is 2.51. The number of nitrogens with zero attached hydrogens (tertiary/aromatic N) is 4. The van der Waals surface area contributed by atoms with Gasteiger partial charge in [-0.05, 0) is 123 Å².